The number of carbonyl (C=O) groups excluding carboxylic acids is 2. The summed E-state index contributed by atoms with van der Waals surface area (Å²) in [7, 11) is -3.73. The zero-order chi connectivity index (χ0) is 30.3. The van der Waals surface area contributed by atoms with Crippen molar-refractivity contribution in [3.8, 4) is 0 Å². The molecule has 0 atom stereocenters. The second-order valence-electron chi connectivity index (χ2n) is 11.8. The highest BCUT2D eigenvalue weighted by Crippen LogP contribution is 2.24. The molecule has 41 heavy (non-hydrogen) atoms. The van der Waals surface area contributed by atoms with Gasteiger partial charge in [-0.25, -0.2) is 23.0 Å². The Bertz CT molecular complexity index is 1410. The lowest BCUT2D eigenvalue weighted by Crippen LogP contribution is -2.42. The molecule has 0 aliphatic rings. The Morgan fingerprint density at radius 1 is 0.951 bits per heavy atom. The lowest BCUT2D eigenvalue weighted by atomic mass is 10.1. The van der Waals surface area contributed by atoms with E-state index in [9.17, 15) is 18.0 Å². The van der Waals surface area contributed by atoms with E-state index in [1.807, 2.05) is 56.5 Å². The minimum atomic E-state index is -3.73. The van der Waals surface area contributed by atoms with Crippen LogP contribution in [0.15, 0.2) is 58.8 Å². The van der Waals surface area contributed by atoms with Crippen molar-refractivity contribution in [3.05, 3.63) is 65.0 Å². The maximum absolute atomic E-state index is 12.9. The summed E-state index contributed by atoms with van der Waals surface area (Å²) in [5.41, 5.74) is 0.869. The second kappa shape index (κ2) is 13.8. The van der Waals surface area contributed by atoms with Gasteiger partial charge in [0.25, 0.3) is 0 Å². The number of rotatable bonds is 13. The van der Waals surface area contributed by atoms with E-state index in [0.29, 0.717) is 32.3 Å². The summed E-state index contributed by atoms with van der Waals surface area (Å²) >= 11 is 1.55. The number of amides is 2. The average molecular weight is 604 g/mol. The Morgan fingerprint density at radius 2 is 1.63 bits per heavy atom. The van der Waals surface area contributed by atoms with Gasteiger partial charge >= 0.3 is 6.09 Å². The van der Waals surface area contributed by atoms with Gasteiger partial charge in [0.15, 0.2) is 0 Å². The molecule has 9 nitrogen and oxygen atoms in total. The van der Waals surface area contributed by atoms with Crippen LogP contribution in [0.3, 0.4) is 0 Å². The molecule has 3 rings (SSSR count). The highest BCUT2D eigenvalue weighted by Gasteiger charge is 2.23. The Kier molecular flexibility index (Phi) is 10.9. The van der Waals surface area contributed by atoms with Crippen LogP contribution < -0.4 is 4.72 Å². The van der Waals surface area contributed by atoms with Gasteiger partial charge in [0.1, 0.15) is 5.60 Å². The van der Waals surface area contributed by atoms with Gasteiger partial charge in [0.05, 0.1) is 17.0 Å². The van der Waals surface area contributed by atoms with Crippen LogP contribution in [0.5, 0.6) is 0 Å². The van der Waals surface area contributed by atoms with Crippen LogP contribution in [-0.2, 0) is 37.4 Å². The number of ether oxygens (including phenoxy) is 1. The summed E-state index contributed by atoms with van der Waals surface area (Å²) in [6.45, 7) is 12.0. The SMILES string of the molecule is CC(C)(C)OC(=O)N(CCCc1ccc(CN(C=O)OC(C)(C)C)cc1)CCNS(=O)(=O)c1ccc2sccc2c1. The van der Waals surface area contributed by atoms with Crippen LogP contribution in [0, 0.1) is 0 Å². The molecule has 2 amide bonds. The molecule has 1 aromatic heterocycles. The van der Waals surface area contributed by atoms with Crippen LogP contribution >= 0.6 is 11.3 Å². The van der Waals surface area contributed by atoms with Gasteiger partial charge in [-0.1, -0.05) is 24.3 Å². The largest absolute Gasteiger partial charge is 0.444 e. The number of hydroxylamine groups is 2. The predicted molar refractivity (Wildman–Crippen MR) is 162 cm³/mol. The van der Waals surface area contributed by atoms with Crippen LogP contribution in [0.4, 0.5) is 4.79 Å². The minimum absolute atomic E-state index is 0.0574. The summed E-state index contributed by atoms with van der Waals surface area (Å²) in [5, 5.41) is 4.08. The van der Waals surface area contributed by atoms with E-state index in [1.165, 1.54) is 9.96 Å². The molecule has 0 bridgehead atoms. The van der Waals surface area contributed by atoms with E-state index in [2.05, 4.69) is 4.72 Å². The predicted octanol–water partition coefficient (Wildman–Crippen LogP) is 5.74. The molecule has 0 fully saturated rings. The number of hydrogen-bond acceptors (Lipinski definition) is 7. The summed E-state index contributed by atoms with van der Waals surface area (Å²) in [6, 6.07) is 14.8. The topological polar surface area (TPSA) is 105 Å². The van der Waals surface area contributed by atoms with Crippen LogP contribution in [0.25, 0.3) is 10.1 Å². The number of fused-ring (bicyclic) bond motifs is 1. The molecular weight excluding hydrogens is 562 g/mol. The molecule has 1 heterocycles. The van der Waals surface area contributed by atoms with Crippen molar-refractivity contribution in [1.82, 2.24) is 14.7 Å². The van der Waals surface area contributed by atoms with Gasteiger partial charge < -0.3 is 9.64 Å². The fourth-order valence-corrected chi connectivity index (χ4v) is 5.87. The molecule has 0 aliphatic carbocycles. The van der Waals surface area contributed by atoms with Gasteiger partial charge in [-0.2, -0.15) is 0 Å². The minimum Gasteiger partial charge on any atom is -0.444 e. The van der Waals surface area contributed by atoms with Crippen molar-refractivity contribution in [2.75, 3.05) is 19.6 Å². The Morgan fingerprint density at radius 3 is 2.27 bits per heavy atom. The van der Waals surface area contributed by atoms with Gasteiger partial charge in [0, 0.05) is 24.3 Å². The number of nitrogens with one attached hydrogen (secondary N) is 1. The van der Waals surface area contributed by atoms with Gasteiger partial charge in [-0.05, 0) is 101 Å². The molecule has 2 aromatic carbocycles. The van der Waals surface area contributed by atoms with Crippen molar-refractivity contribution in [2.24, 2.45) is 0 Å². The standard InChI is InChI=1S/C30H41N3O6S2/c1-29(2,3)38-28(35)32(18-16-31-41(36,37)26-13-14-27-25(20-26)15-19-40-27)17-7-8-23-9-11-24(12-10-23)21-33(22-34)39-30(4,5)6/h9-15,19-20,22,31H,7-8,16-18,21H2,1-6H3. The van der Waals surface area contributed by atoms with Gasteiger partial charge in [0.2, 0.25) is 16.4 Å². The van der Waals surface area contributed by atoms with Crippen LogP contribution in [0.1, 0.15) is 59.1 Å². The molecule has 0 unspecified atom stereocenters. The average Bonchev–Trinajstić information content (AvgIpc) is 3.34. The molecule has 0 saturated carbocycles. The third-order valence-electron chi connectivity index (χ3n) is 5.82. The van der Waals surface area contributed by atoms with Gasteiger partial charge in [-0.15, -0.1) is 11.3 Å². The first-order valence-electron chi connectivity index (χ1n) is 13.6. The normalized spacial score (nSPS) is 12.3. The zero-order valence-corrected chi connectivity index (χ0v) is 26.3. The van der Waals surface area contributed by atoms with Crippen molar-refractivity contribution >= 4 is 43.9 Å². The Labute approximate surface area is 247 Å². The number of benzene rings is 2. The number of nitrogens with zero attached hydrogens (tertiary/aromatic N) is 2. The molecule has 0 saturated heterocycles. The Balaban J connectivity index is 1.56. The third-order valence-corrected chi connectivity index (χ3v) is 8.18. The number of thiophene rings is 1. The van der Waals surface area contributed by atoms with Gasteiger partial charge in [-0.3, -0.25) is 9.63 Å². The highest BCUT2D eigenvalue weighted by atomic mass is 32.2. The number of hydrogen-bond donors (Lipinski definition) is 1. The molecular formula is C30H41N3O6S2. The number of carbonyl (C=O) groups is 2. The van der Waals surface area contributed by atoms with Crippen molar-refractivity contribution in [3.63, 3.8) is 0 Å². The summed E-state index contributed by atoms with van der Waals surface area (Å²) in [5.74, 6) is 0. The fraction of sp³-hybridized carbons (Fsp3) is 0.467. The summed E-state index contributed by atoms with van der Waals surface area (Å²) in [4.78, 5) is 31.6. The molecule has 11 heteroatoms. The van der Waals surface area contributed by atoms with E-state index in [4.69, 9.17) is 9.57 Å². The molecule has 0 spiro atoms. The molecule has 3 aromatic rings. The number of sulfonamides is 1. The van der Waals surface area contributed by atoms with Crippen LogP contribution in [-0.4, -0.2) is 61.7 Å². The molecule has 224 valence electrons. The van der Waals surface area contributed by atoms with E-state index in [0.717, 1.165) is 21.2 Å². The quantitative estimate of drug-likeness (QED) is 0.197. The highest BCUT2D eigenvalue weighted by molar-refractivity contribution is 7.89. The second-order valence-corrected chi connectivity index (χ2v) is 14.5. The van der Waals surface area contributed by atoms with E-state index < -0.39 is 27.3 Å². The van der Waals surface area contributed by atoms with Crippen molar-refractivity contribution in [1.29, 1.82) is 0 Å². The maximum atomic E-state index is 12.9. The first-order valence-corrected chi connectivity index (χ1v) is 16.0. The lowest BCUT2D eigenvalue weighted by molar-refractivity contribution is -0.220. The number of aryl methyl sites for hydroxylation is 1. The van der Waals surface area contributed by atoms with Crippen LogP contribution in [0.2, 0.25) is 0 Å². The van der Waals surface area contributed by atoms with E-state index in [1.54, 1.807) is 50.3 Å². The molecule has 1 N–H and O–H groups in total. The zero-order valence-electron chi connectivity index (χ0n) is 24.7. The molecule has 0 aliphatic heterocycles. The van der Waals surface area contributed by atoms with E-state index in [-0.39, 0.29) is 18.0 Å². The molecule has 0 radical (unpaired) electrons. The lowest BCUT2D eigenvalue weighted by Gasteiger charge is -2.27. The Hall–Kier alpha value is -2.99. The fourth-order valence-electron chi connectivity index (χ4n) is 4.04. The first kappa shape index (κ1) is 32.5. The first-order chi connectivity index (χ1) is 19.1. The van der Waals surface area contributed by atoms with Crippen molar-refractivity contribution in [2.45, 2.75) is 77.0 Å². The summed E-state index contributed by atoms with van der Waals surface area (Å²) in [6.07, 6.45) is 1.56. The van der Waals surface area contributed by atoms with Crippen molar-refractivity contribution < 1.29 is 27.6 Å². The maximum Gasteiger partial charge on any atom is 0.410 e. The smallest absolute Gasteiger partial charge is 0.410 e. The summed E-state index contributed by atoms with van der Waals surface area (Å²) < 4.78 is 35.0. The monoisotopic (exact) mass is 603 g/mol. The van der Waals surface area contributed by atoms with E-state index >= 15 is 0 Å². The third kappa shape index (κ3) is 10.7.